The van der Waals surface area contributed by atoms with E-state index in [0.717, 1.165) is 24.8 Å². The zero-order chi connectivity index (χ0) is 24.3. The predicted octanol–water partition coefficient (Wildman–Crippen LogP) is 7.69. The Morgan fingerprint density at radius 1 is 0.750 bits per heavy atom. The number of hydrogen-bond acceptors (Lipinski definition) is 1. The molecule has 0 aliphatic carbocycles. The molecule has 1 aliphatic rings. The fourth-order valence-electron chi connectivity index (χ4n) is 3.82. The topological polar surface area (TPSA) is 3.24 Å². The Hall–Kier alpha value is -2.72. The number of alkyl halides is 10. The molecule has 2 aromatic rings. The first-order valence-corrected chi connectivity index (χ1v) is 9.07. The summed E-state index contributed by atoms with van der Waals surface area (Å²) in [7, 11) is 0. The van der Waals surface area contributed by atoms with E-state index in [-0.39, 0.29) is 34.6 Å². The van der Waals surface area contributed by atoms with E-state index in [1.54, 1.807) is 6.07 Å². The lowest BCUT2D eigenvalue weighted by atomic mass is 9.89. The molecule has 0 bridgehead atoms. The molecule has 0 saturated carbocycles. The minimum atomic E-state index is -6.33. The highest BCUT2D eigenvalue weighted by molar-refractivity contribution is 5.81. The molecule has 0 N–H and O–H groups in total. The van der Waals surface area contributed by atoms with Crippen LogP contribution < -0.4 is 4.90 Å². The molecule has 2 aromatic carbocycles. The van der Waals surface area contributed by atoms with Crippen molar-refractivity contribution in [1.82, 2.24) is 0 Å². The number of benzene rings is 2. The van der Waals surface area contributed by atoms with E-state index < -0.39 is 35.8 Å². The van der Waals surface area contributed by atoms with Crippen molar-refractivity contribution < 1.29 is 43.9 Å². The van der Waals surface area contributed by atoms with Crippen molar-refractivity contribution >= 4 is 17.5 Å². The largest absolute Gasteiger partial charge is 0.435 e. The summed E-state index contributed by atoms with van der Waals surface area (Å²) in [6.07, 6.45) is -15.4. The molecule has 1 unspecified atom stereocenters. The third-order valence-corrected chi connectivity index (χ3v) is 5.18. The predicted molar refractivity (Wildman–Crippen MR) is 98.3 cm³/mol. The molecule has 0 spiro atoms. The van der Waals surface area contributed by atoms with Crippen LogP contribution in [0, 0.1) is 13.8 Å². The zero-order valence-electron chi connectivity index (χ0n) is 16.4. The van der Waals surface area contributed by atoms with Crippen LogP contribution in [-0.4, -0.2) is 24.6 Å². The summed E-state index contributed by atoms with van der Waals surface area (Å²) in [5.41, 5.74) is -8.04. The lowest BCUT2D eigenvalue weighted by molar-refractivity contribution is -0.348. The van der Waals surface area contributed by atoms with E-state index in [1.807, 2.05) is 0 Å². The molecular formula is C21H15F10N. The number of rotatable bonds is 2. The van der Waals surface area contributed by atoms with E-state index in [2.05, 4.69) is 0 Å². The van der Waals surface area contributed by atoms with Crippen LogP contribution in [0.25, 0.3) is 6.08 Å². The van der Waals surface area contributed by atoms with E-state index in [1.165, 1.54) is 24.3 Å². The lowest BCUT2D eigenvalue weighted by Gasteiger charge is -2.39. The summed E-state index contributed by atoms with van der Waals surface area (Å²) in [4.78, 5) is 0.783. The Morgan fingerprint density at radius 3 is 1.72 bits per heavy atom. The van der Waals surface area contributed by atoms with Gasteiger partial charge < -0.3 is 4.90 Å². The van der Waals surface area contributed by atoms with Gasteiger partial charge in [0, 0.05) is 16.9 Å². The van der Waals surface area contributed by atoms with Crippen LogP contribution in [-0.2, 0) is 5.67 Å². The standard InChI is InChI=1S/C21H15F10N/c1-11-9-14(18(22,20(26,27)28)21(29,30)31)10-12(2)17(11)32-15-6-4-3-5-13(15)7-8-16(32)19(23,24)25/h3-10,16H,1-2H3. The van der Waals surface area contributed by atoms with Crippen LogP contribution >= 0.6 is 0 Å². The Balaban J connectivity index is 2.27. The molecule has 0 fully saturated rings. The number of nitrogens with zero attached hydrogens (tertiary/aromatic N) is 1. The number of para-hydroxylation sites is 1. The van der Waals surface area contributed by atoms with Crippen LogP contribution in [0.2, 0.25) is 0 Å². The second-order valence-corrected chi connectivity index (χ2v) is 7.39. The highest BCUT2D eigenvalue weighted by Gasteiger charge is 2.73. The van der Waals surface area contributed by atoms with Gasteiger partial charge in [-0.15, -0.1) is 0 Å². The molecule has 1 atom stereocenters. The van der Waals surface area contributed by atoms with E-state index >= 15 is 0 Å². The average molecular weight is 471 g/mol. The summed E-state index contributed by atoms with van der Waals surface area (Å²) in [5.74, 6) is 0. The van der Waals surface area contributed by atoms with Crippen molar-refractivity contribution in [1.29, 1.82) is 0 Å². The number of anilines is 2. The van der Waals surface area contributed by atoms with Crippen molar-refractivity contribution in [3.63, 3.8) is 0 Å². The first-order valence-electron chi connectivity index (χ1n) is 9.07. The van der Waals surface area contributed by atoms with Crippen molar-refractivity contribution in [3.8, 4) is 0 Å². The van der Waals surface area contributed by atoms with Gasteiger partial charge in [-0.1, -0.05) is 42.5 Å². The van der Waals surface area contributed by atoms with Gasteiger partial charge in [-0.3, -0.25) is 0 Å². The Bertz CT molecular complexity index is 1010. The molecule has 0 radical (unpaired) electrons. The summed E-state index contributed by atoms with van der Waals surface area (Å²) < 4.78 is 135. The molecule has 1 aliphatic heterocycles. The van der Waals surface area contributed by atoms with Crippen molar-refractivity contribution in [2.45, 2.75) is 44.1 Å². The second-order valence-electron chi connectivity index (χ2n) is 7.39. The van der Waals surface area contributed by atoms with E-state index in [0.29, 0.717) is 5.56 Å². The number of hydrogen-bond donors (Lipinski definition) is 0. The normalized spacial score (nSPS) is 17.5. The zero-order valence-corrected chi connectivity index (χ0v) is 16.4. The smallest absolute Gasteiger partial charge is 0.324 e. The second kappa shape index (κ2) is 7.41. The molecule has 1 nitrogen and oxygen atoms in total. The molecule has 11 heteroatoms. The van der Waals surface area contributed by atoms with Crippen molar-refractivity contribution in [2.24, 2.45) is 0 Å². The van der Waals surface area contributed by atoms with E-state index in [9.17, 15) is 43.9 Å². The van der Waals surface area contributed by atoms with E-state index in [4.69, 9.17) is 0 Å². The van der Waals surface area contributed by atoms with Crippen LogP contribution in [0.4, 0.5) is 55.3 Å². The maximum atomic E-state index is 14.5. The van der Waals surface area contributed by atoms with Gasteiger partial charge in [0.2, 0.25) is 0 Å². The number of aryl methyl sites for hydroxylation is 2. The fourth-order valence-corrected chi connectivity index (χ4v) is 3.82. The van der Waals surface area contributed by atoms with Crippen LogP contribution in [0.5, 0.6) is 0 Å². The Kier molecular flexibility index (Phi) is 5.54. The Morgan fingerprint density at radius 2 is 1.25 bits per heavy atom. The maximum absolute atomic E-state index is 14.5. The van der Waals surface area contributed by atoms with Crippen LogP contribution in [0.3, 0.4) is 0 Å². The van der Waals surface area contributed by atoms with Gasteiger partial charge in [-0.05, 0) is 36.6 Å². The maximum Gasteiger partial charge on any atom is 0.435 e. The van der Waals surface area contributed by atoms with Gasteiger partial charge in [0.05, 0.1) is 0 Å². The minimum absolute atomic E-state index is 0.0504. The first kappa shape index (κ1) is 23.9. The summed E-state index contributed by atoms with van der Waals surface area (Å²) in [6, 6.07) is 4.19. The molecule has 1 heterocycles. The van der Waals surface area contributed by atoms with Gasteiger partial charge in [-0.2, -0.15) is 39.5 Å². The van der Waals surface area contributed by atoms with Gasteiger partial charge in [-0.25, -0.2) is 4.39 Å². The molecule has 0 aromatic heterocycles. The van der Waals surface area contributed by atoms with Gasteiger partial charge in [0.1, 0.15) is 6.04 Å². The fraction of sp³-hybridized carbons (Fsp3) is 0.333. The van der Waals surface area contributed by atoms with Gasteiger partial charge in [0.15, 0.2) is 0 Å². The number of fused-ring (bicyclic) bond motifs is 1. The monoisotopic (exact) mass is 471 g/mol. The van der Waals surface area contributed by atoms with Gasteiger partial charge >= 0.3 is 24.2 Å². The summed E-state index contributed by atoms with van der Waals surface area (Å²) in [6.45, 7) is 2.07. The highest BCUT2D eigenvalue weighted by Crippen LogP contribution is 2.54. The van der Waals surface area contributed by atoms with Crippen molar-refractivity contribution in [3.05, 3.63) is 64.7 Å². The number of halogens is 10. The quantitative estimate of drug-likeness (QED) is 0.406. The molecule has 174 valence electrons. The molecule has 3 rings (SSSR count). The molecule has 0 amide bonds. The van der Waals surface area contributed by atoms with Gasteiger partial charge in [0.25, 0.3) is 0 Å². The average Bonchev–Trinajstić information content (AvgIpc) is 2.64. The lowest BCUT2D eigenvalue weighted by Crippen LogP contribution is -2.50. The van der Waals surface area contributed by atoms with Crippen LogP contribution in [0.15, 0.2) is 42.5 Å². The molecule has 32 heavy (non-hydrogen) atoms. The molecular weight excluding hydrogens is 456 g/mol. The van der Waals surface area contributed by atoms with Crippen LogP contribution in [0.1, 0.15) is 22.3 Å². The molecule has 0 saturated heterocycles. The summed E-state index contributed by atoms with van der Waals surface area (Å²) in [5, 5.41) is 0. The third-order valence-electron chi connectivity index (χ3n) is 5.18. The summed E-state index contributed by atoms with van der Waals surface area (Å²) >= 11 is 0. The SMILES string of the molecule is Cc1cc(C(F)(C(F)(F)F)C(F)(F)F)cc(C)c1N1c2ccccc2C=CC1C(F)(F)F. The third kappa shape index (κ3) is 3.71. The minimum Gasteiger partial charge on any atom is -0.324 e. The Labute approximate surface area is 175 Å². The van der Waals surface area contributed by atoms with Crippen molar-refractivity contribution in [2.75, 3.05) is 4.90 Å². The first-order chi connectivity index (χ1) is 14.5. The highest BCUT2D eigenvalue weighted by atomic mass is 19.4.